The third kappa shape index (κ3) is 10.1. The predicted molar refractivity (Wildman–Crippen MR) is 157 cm³/mol. The normalized spacial score (nSPS) is 23.2. The van der Waals surface area contributed by atoms with E-state index in [9.17, 15) is 4.79 Å². The van der Waals surface area contributed by atoms with Gasteiger partial charge in [-0.25, -0.2) is 9.79 Å². The second-order valence-electron chi connectivity index (χ2n) is 12.0. The van der Waals surface area contributed by atoms with Crippen LogP contribution in [0, 0.1) is 5.41 Å². The largest absolute Gasteiger partial charge is 0.389 e. The molecule has 0 unspecified atom stereocenters. The van der Waals surface area contributed by atoms with Gasteiger partial charge in [-0.1, -0.05) is 93.9 Å². The van der Waals surface area contributed by atoms with Crippen molar-refractivity contribution >= 4 is 12.0 Å². The fourth-order valence-corrected chi connectivity index (χ4v) is 5.88. The van der Waals surface area contributed by atoms with E-state index in [0.717, 1.165) is 31.3 Å². The molecule has 0 aromatic heterocycles. The lowest BCUT2D eigenvalue weighted by molar-refractivity contribution is -0.130. The summed E-state index contributed by atoms with van der Waals surface area (Å²) in [4.78, 5) is 17.6. The Morgan fingerprint density at radius 1 is 0.946 bits per heavy atom. The first-order valence-corrected chi connectivity index (χ1v) is 14.7. The highest BCUT2D eigenvalue weighted by atomic mass is 16.6. The number of hydrogen-bond donors (Lipinski definition) is 1. The fourth-order valence-electron chi connectivity index (χ4n) is 5.88. The smallest absolute Gasteiger partial charge is 0.338 e. The first-order valence-electron chi connectivity index (χ1n) is 14.7. The Hall–Kier alpha value is -2.36. The molecule has 0 atom stereocenters. The van der Waals surface area contributed by atoms with E-state index in [2.05, 4.69) is 51.2 Å². The highest BCUT2D eigenvalue weighted by molar-refractivity contribution is 5.94. The molecule has 0 heterocycles. The number of hydrogen-bond acceptors (Lipinski definition) is 3. The molecule has 37 heavy (non-hydrogen) atoms. The zero-order chi connectivity index (χ0) is 26.7. The third-order valence-electron chi connectivity index (χ3n) is 8.12. The minimum atomic E-state index is -0.359. The molecule has 2 fully saturated rings. The maximum absolute atomic E-state index is 12.7. The minimum absolute atomic E-state index is 0.250. The molecule has 0 spiro atoms. The highest BCUT2D eigenvalue weighted by Crippen LogP contribution is 2.40. The number of carbonyl (C=O) groups is 1. The van der Waals surface area contributed by atoms with Crippen LogP contribution in [0.3, 0.4) is 0 Å². The molecule has 204 valence electrons. The van der Waals surface area contributed by atoms with E-state index < -0.39 is 0 Å². The van der Waals surface area contributed by atoms with E-state index >= 15 is 0 Å². The first-order chi connectivity index (χ1) is 17.7. The molecule has 1 N–H and O–H groups in total. The van der Waals surface area contributed by atoms with Gasteiger partial charge in [0.2, 0.25) is 0 Å². The summed E-state index contributed by atoms with van der Waals surface area (Å²) in [6, 6.07) is 1.04. The van der Waals surface area contributed by atoms with E-state index in [-0.39, 0.29) is 17.4 Å². The van der Waals surface area contributed by atoms with Gasteiger partial charge in [-0.2, -0.15) is 0 Å². The van der Waals surface area contributed by atoms with E-state index in [1.54, 1.807) is 6.08 Å². The van der Waals surface area contributed by atoms with Crippen LogP contribution in [0.4, 0.5) is 0 Å². The molecule has 3 aliphatic carbocycles. The first kappa shape index (κ1) is 29.2. The number of nitrogens with zero attached hydrogens (tertiary/aromatic N) is 1. The Morgan fingerprint density at radius 3 is 2.30 bits per heavy atom. The van der Waals surface area contributed by atoms with Gasteiger partial charge in [-0.3, -0.25) is 0 Å². The monoisotopic (exact) mass is 506 g/mol. The van der Waals surface area contributed by atoms with Crippen molar-refractivity contribution in [3.8, 4) is 0 Å². The van der Waals surface area contributed by atoms with Crippen molar-refractivity contribution in [2.24, 2.45) is 10.4 Å². The van der Waals surface area contributed by atoms with Gasteiger partial charge in [0.25, 0.3) is 6.02 Å². The van der Waals surface area contributed by atoms with Crippen molar-refractivity contribution < 1.29 is 9.53 Å². The molecule has 0 bridgehead atoms. The Kier molecular flexibility index (Phi) is 11.5. The number of nitrogens with one attached hydrogen (secondary N) is 1. The molecular weight excluding hydrogens is 456 g/mol. The van der Waals surface area contributed by atoms with Crippen molar-refractivity contribution in [2.75, 3.05) is 0 Å². The van der Waals surface area contributed by atoms with Crippen molar-refractivity contribution in [3.63, 3.8) is 0 Å². The van der Waals surface area contributed by atoms with Crippen LogP contribution in [-0.4, -0.2) is 24.1 Å². The third-order valence-corrected chi connectivity index (χ3v) is 8.12. The molecule has 0 amide bonds. The van der Waals surface area contributed by atoms with Crippen molar-refractivity contribution in [3.05, 3.63) is 58.7 Å². The minimum Gasteiger partial charge on any atom is -0.389 e. The highest BCUT2D eigenvalue weighted by Gasteiger charge is 2.26. The number of rotatable bonds is 7. The van der Waals surface area contributed by atoms with E-state index in [4.69, 9.17) is 9.73 Å². The van der Waals surface area contributed by atoms with E-state index in [1.807, 2.05) is 19.1 Å². The molecule has 0 aromatic rings. The number of amidine groups is 1. The average Bonchev–Trinajstić information content (AvgIpc) is 2.84. The second-order valence-corrected chi connectivity index (χ2v) is 12.0. The molecule has 4 nitrogen and oxygen atoms in total. The molecule has 2 saturated carbocycles. The number of allylic oxidation sites excluding steroid dienone is 9. The maximum atomic E-state index is 12.7. The van der Waals surface area contributed by atoms with Crippen LogP contribution in [-0.2, 0) is 9.53 Å². The number of ether oxygens (including phenoxy) is 1. The van der Waals surface area contributed by atoms with Gasteiger partial charge in [0.1, 0.15) is 0 Å². The van der Waals surface area contributed by atoms with E-state index in [0.29, 0.717) is 12.1 Å². The molecule has 0 aliphatic heterocycles. The predicted octanol–water partition coefficient (Wildman–Crippen LogP) is 8.67. The lowest BCUT2D eigenvalue weighted by Gasteiger charge is -2.32. The number of aliphatic imine (C=N–C) groups is 1. The van der Waals surface area contributed by atoms with Gasteiger partial charge in [0.05, 0.1) is 6.04 Å². The molecule has 0 radical (unpaired) electrons. The van der Waals surface area contributed by atoms with Gasteiger partial charge in [-0.15, -0.1) is 0 Å². The van der Waals surface area contributed by atoms with Crippen molar-refractivity contribution in [1.29, 1.82) is 0 Å². The summed E-state index contributed by atoms with van der Waals surface area (Å²) in [7, 11) is 0. The molecular formula is C33H50N2O2. The Morgan fingerprint density at radius 2 is 1.62 bits per heavy atom. The van der Waals surface area contributed by atoms with Crippen molar-refractivity contribution in [1.82, 2.24) is 5.32 Å². The Bertz CT molecular complexity index is 949. The van der Waals surface area contributed by atoms with Gasteiger partial charge < -0.3 is 10.1 Å². The Balaban J connectivity index is 1.59. The zero-order valence-electron chi connectivity index (χ0n) is 24.1. The summed E-state index contributed by atoms with van der Waals surface area (Å²) >= 11 is 0. The maximum Gasteiger partial charge on any atom is 0.338 e. The second kappa shape index (κ2) is 14.5. The SMILES string of the molecule is CC1=C(/C=C/C(C)=C/C=C/C(C)=C/C(=O)OC(=NC2CCCCC2)NC2CCCCC2)C(C)(C)CCC1. The van der Waals surface area contributed by atoms with Crippen LogP contribution in [0.5, 0.6) is 0 Å². The summed E-state index contributed by atoms with van der Waals surface area (Å²) in [6.45, 7) is 11.0. The molecule has 0 saturated heterocycles. The zero-order valence-corrected chi connectivity index (χ0v) is 24.1. The van der Waals surface area contributed by atoms with Crippen molar-refractivity contribution in [2.45, 2.75) is 130 Å². The van der Waals surface area contributed by atoms with Crippen LogP contribution in [0.2, 0.25) is 0 Å². The molecule has 3 aliphatic rings. The van der Waals surface area contributed by atoms with Crippen LogP contribution in [0.15, 0.2) is 63.7 Å². The Labute approximate surface area is 226 Å². The molecule has 0 aromatic carbocycles. The molecule has 3 rings (SSSR count). The van der Waals surface area contributed by atoms with Gasteiger partial charge >= 0.3 is 5.97 Å². The van der Waals surface area contributed by atoms with Crippen LogP contribution >= 0.6 is 0 Å². The fraction of sp³-hybridized carbons (Fsp3) is 0.636. The standard InChI is InChI=1S/C33H50N2O2/c1-25(21-22-30-27(3)16-13-23-33(30,4)5)14-12-15-26(2)24-31(36)37-32(34-28-17-8-6-9-18-28)35-29-19-10-7-11-20-29/h12,14-15,21-22,24,28-29H,6-11,13,16-20,23H2,1-5H3,(H,34,35)/b15-12+,22-21+,25-14+,26-24+. The van der Waals surface area contributed by atoms with E-state index in [1.165, 1.54) is 74.5 Å². The summed E-state index contributed by atoms with van der Waals surface area (Å²) in [5, 5.41) is 3.45. The van der Waals surface area contributed by atoms with Gasteiger partial charge in [-0.05, 0) is 82.3 Å². The number of esters is 1. The lowest BCUT2D eigenvalue weighted by atomic mass is 9.72. The van der Waals surface area contributed by atoms with Crippen LogP contribution in [0.1, 0.15) is 118 Å². The summed E-state index contributed by atoms with van der Waals surface area (Å²) in [6.07, 6.45) is 27.7. The van der Waals surface area contributed by atoms with Gasteiger partial charge in [0, 0.05) is 12.1 Å². The van der Waals surface area contributed by atoms with Crippen LogP contribution in [0.25, 0.3) is 0 Å². The summed E-state index contributed by atoms with van der Waals surface area (Å²) in [5.74, 6) is -0.359. The summed E-state index contributed by atoms with van der Waals surface area (Å²) < 4.78 is 5.75. The van der Waals surface area contributed by atoms with Gasteiger partial charge in [0.15, 0.2) is 0 Å². The average molecular weight is 507 g/mol. The molecule has 4 heteroatoms. The van der Waals surface area contributed by atoms with Crippen LogP contribution < -0.4 is 5.32 Å². The lowest BCUT2D eigenvalue weighted by Crippen LogP contribution is -2.39. The topological polar surface area (TPSA) is 50.7 Å². The number of carbonyl (C=O) groups excluding carboxylic acids is 1. The quantitative estimate of drug-likeness (QED) is 0.124. The summed E-state index contributed by atoms with van der Waals surface area (Å²) in [5.41, 5.74) is 5.28.